The van der Waals surface area contributed by atoms with E-state index >= 15 is 0 Å². The van der Waals surface area contributed by atoms with Crippen LogP contribution in [0.2, 0.25) is 0 Å². The lowest BCUT2D eigenvalue weighted by Gasteiger charge is -2.34. The smallest absolute Gasteiger partial charge is 0.236 e. The summed E-state index contributed by atoms with van der Waals surface area (Å²) >= 11 is 0. The van der Waals surface area contributed by atoms with Crippen molar-refractivity contribution in [3.8, 4) is 0 Å². The predicted molar refractivity (Wildman–Crippen MR) is 95.4 cm³/mol. The van der Waals surface area contributed by atoms with Gasteiger partial charge in [0.15, 0.2) is 0 Å². The van der Waals surface area contributed by atoms with Crippen molar-refractivity contribution < 1.29 is 14.0 Å². The minimum absolute atomic E-state index is 0.0363. The van der Waals surface area contributed by atoms with Gasteiger partial charge in [-0.1, -0.05) is 12.1 Å². The number of rotatable bonds is 5. The van der Waals surface area contributed by atoms with Gasteiger partial charge < -0.3 is 9.80 Å². The molecular formula is C19H28FN3O2. The lowest BCUT2D eigenvalue weighted by Crippen LogP contribution is -2.45. The Morgan fingerprint density at radius 1 is 1.16 bits per heavy atom. The van der Waals surface area contributed by atoms with E-state index in [4.69, 9.17) is 0 Å². The van der Waals surface area contributed by atoms with Gasteiger partial charge in [-0.15, -0.1) is 0 Å². The normalized spacial score (nSPS) is 17.2. The molecule has 25 heavy (non-hydrogen) atoms. The van der Waals surface area contributed by atoms with Crippen molar-refractivity contribution in [1.29, 1.82) is 0 Å². The van der Waals surface area contributed by atoms with Crippen LogP contribution < -0.4 is 0 Å². The fourth-order valence-corrected chi connectivity index (χ4v) is 3.19. The Hall–Kier alpha value is -1.95. The van der Waals surface area contributed by atoms with Crippen LogP contribution in [0.1, 0.15) is 31.4 Å². The van der Waals surface area contributed by atoms with Crippen molar-refractivity contribution in [2.75, 3.05) is 40.8 Å². The van der Waals surface area contributed by atoms with Gasteiger partial charge in [0.1, 0.15) is 5.82 Å². The molecule has 1 aliphatic heterocycles. The summed E-state index contributed by atoms with van der Waals surface area (Å²) in [5.41, 5.74) is 0.910. The Bertz CT molecular complexity index is 595. The summed E-state index contributed by atoms with van der Waals surface area (Å²) in [6.07, 6.45) is 1.59. The molecule has 0 aromatic heterocycles. The summed E-state index contributed by atoms with van der Waals surface area (Å²) < 4.78 is 13.0. The van der Waals surface area contributed by atoms with Crippen molar-refractivity contribution in [1.82, 2.24) is 14.7 Å². The fraction of sp³-hybridized carbons (Fsp3) is 0.579. The van der Waals surface area contributed by atoms with Gasteiger partial charge in [-0.2, -0.15) is 0 Å². The van der Waals surface area contributed by atoms with Gasteiger partial charge >= 0.3 is 0 Å². The molecule has 0 saturated carbocycles. The summed E-state index contributed by atoms with van der Waals surface area (Å²) in [6, 6.07) is 6.14. The first kappa shape index (κ1) is 19.4. The van der Waals surface area contributed by atoms with Crippen molar-refractivity contribution in [3.63, 3.8) is 0 Å². The average Bonchev–Trinajstić information content (AvgIpc) is 2.61. The van der Waals surface area contributed by atoms with Gasteiger partial charge in [-0.05, 0) is 50.6 Å². The Balaban J connectivity index is 1.85. The Morgan fingerprint density at radius 2 is 1.72 bits per heavy atom. The second kappa shape index (κ2) is 8.43. The van der Waals surface area contributed by atoms with Crippen LogP contribution in [0, 0.1) is 11.7 Å². The molecule has 1 saturated heterocycles. The maximum absolute atomic E-state index is 13.0. The third-order valence-corrected chi connectivity index (χ3v) is 5.06. The van der Waals surface area contributed by atoms with E-state index < -0.39 is 0 Å². The van der Waals surface area contributed by atoms with E-state index in [9.17, 15) is 14.0 Å². The second-order valence-corrected chi connectivity index (χ2v) is 7.02. The van der Waals surface area contributed by atoms with Crippen molar-refractivity contribution >= 4 is 11.8 Å². The zero-order valence-corrected chi connectivity index (χ0v) is 15.5. The van der Waals surface area contributed by atoms with Crippen molar-refractivity contribution in [2.24, 2.45) is 5.92 Å². The number of amides is 2. The Morgan fingerprint density at radius 3 is 2.24 bits per heavy atom. The summed E-state index contributed by atoms with van der Waals surface area (Å²) in [4.78, 5) is 30.0. The highest BCUT2D eigenvalue weighted by molar-refractivity contribution is 5.79. The topological polar surface area (TPSA) is 43.9 Å². The molecule has 0 spiro atoms. The Labute approximate surface area is 149 Å². The molecule has 0 N–H and O–H groups in total. The van der Waals surface area contributed by atoms with Gasteiger partial charge in [0.2, 0.25) is 11.8 Å². The van der Waals surface area contributed by atoms with E-state index in [2.05, 4.69) is 4.90 Å². The zero-order chi connectivity index (χ0) is 18.6. The van der Waals surface area contributed by atoms with E-state index in [1.54, 1.807) is 43.1 Å². The van der Waals surface area contributed by atoms with Crippen LogP contribution in [0.5, 0.6) is 0 Å². The number of likely N-dealkylation sites (tertiary alicyclic amines) is 1. The minimum Gasteiger partial charge on any atom is -0.349 e. The van der Waals surface area contributed by atoms with Gasteiger partial charge in [0.05, 0.1) is 12.6 Å². The number of carbonyl (C=O) groups is 2. The third-order valence-electron chi connectivity index (χ3n) is 5.06. The zero-order valence-electron chi connectivity index (χ0n) is 15.5. The standard InChI is InChI=1S/C19H28FN3O2/c1-14(15-5-7-17(20)8-6-15)22(4)18(24)13-23-11-9-16(10-12-23)19(25)21(2)3/h5-8,14,16H,9-13H2,1-4H3. The van der Waals surface area contributed by atoms with E-state index in [0.29, 0.717) is 6.54 Å². The summed E-state index contributed by atoms with van der Waals surface area (Å²) in [5, 5.41) is 0. The molecule has 2 rings (SSSR count). The van der Waals surface area contributed by atoms with E-state index in [1.807, 2.05) is 6.92 Å². The number of piperidine rings is 1. The molecule has 1 aliphatic rings. The first-order valence-corrected chi connectivity index (χ1v) is 8.74. The van der Waals surface area contributed by atoms with Crippen LogP contribution in [0.3, 0.4) is 0 Å². The van der Waals surface area contributed by atoms with Crippen LogP contribution in [0.25, 0.3) is 0 Å². The molecule has 1 atom stereocenters. The number of halogens is 1. The highest BCUT2D eigenvalue weighted by Crippen LogP contribution is 2.21. The lowest BCUT2D eigenvalue weighted by atomic mass is 9.95. The van der Waals surface area contributed by atoms with E-state index in [1.165, 1.54) is 12.1 Å². The highest BCUT2D eigenvalue weighted by Gasteiger charge is 2.28. The third kappa shape index (κ3) is 5.01. The molecule has 0 bridgehead atoms. The van der Waals surface area contributed by atoms with Crippen molar-refractivity contribution in [3.05, 3.63) is 35.6 Å². The number of hydrogen-bond acceptors (Lipinski definition) is 3. The highest BCUT2D eigenvalue weighted by atomic mass is 19.1. The molecule has 2 amide bonds. The fourth-order valence-electron chi connectivity index (χ4n) is 3.19. The predicted octanol–water partition coefficient (Wildman–Crippen LogP) is 2.15. The van der Waals surface area contributed by atoms with Gasteiger partial charge in [-0.25, -0.2) is 4.39 Å². The maximum atomic E-state index is 13.0. The number of benzene rings is 1. The molecule has 1 aromatic rings. The minimum atomic E-state index is -0.278. The van der Waals surface area contributed by atoms with Gasteiger partial charge in [-0.3, -0.25) is 14.5 Å². The SMILES string of the molecule is CC(c1ccc(F)cc1)N(C)C(=O)CN1CCC(C(=O)N(C)C)CC1. The largest absolute Gasteiger partial charge is 0.349 e. The summed E-state index contributed by atoms with van der Waals surface area (Å²) in [7, 11) is 5.34. The molecule has 6 heteroatoms. The first-order valence-electron chi connectivity index (χ1n) is 8.74. The van der Waals surface area contributed by atoms with Gasteiger partial charge in [0.25, 0.3) is 0 Å². The van der Waals surface area contributed by atoms with Crippen LogP contribution in [0.15, 0.2) is 24.3 Å². The molecule has 1 unspecified atom stereocenters. The summed E-state index contributed by atoms with van der Waals surface area (Å²) in [6.45, 7) is 3.81. The van der Waals surface area contributed by atoms with E-state index in [0.717, 1.165) is 31.5 Å². The molecule has 5 nitrogen and oxygen atoms in total. The molecule has 1 heterocycles. The number of carbonyl (C=O) groups excluding carboxylic acids is 2. The second-order valence-electron chi connectivity index (χ2n) is 7.02. The molecule has 0 radical (unpaired) electrons. The molecule has 1 aromatic carbocycles. The quantitative estimate of drug-likeness (QED) is 0.818. The number of hydrogen-bond donors (Lipinski definition) is 0. The lowest BCUT2D eigenvalue weighted by molar-refractivity contribution is -0.135. The molecular weight excluding hydrogens is 321 g/mol. The summed E-state index contributed by atoms with van der Waals surface area (Å²) in [5.74, 6) is -0.000435. The molecule has 1 fully saturated rings. The monoisotopic (exact) mass is 349 g/mol. The molecule has 138 valence electrons. The first-order chi connectivity index (χ1) is 11.8. The van der Waals surface area contributed by atoms with Crippen LogP contribution in [0.4, 0.5) is 4.39 Å². The Kier molecular flexibility index (Phi) is 6.53. The van der Waals surface area contributed by atoms with Crippen molar-refractivity contribution in [2.45, 2.75) is 25.8 Å². The number of likely N-dealkylation sites (N-methyl/N-ethyl adjacent to an activating group) is 1. The van der Waals surface area contributed by atoms with Crippen LogP contribution in [-0.2, 0) is 9.59 Å². The van der Waals surface area contributed by atoms with Crippen LogP contribution in [-0.4, -0.2) is 67.3 Å². The average molecular weight is 349 g/mol. The number of nitrogens with zero attached hydrogens (tertiary/aromatic N) is 3. The van der Waals surface area contributed by atoms with Crippen LogP contribution >= 0.6 is 0 Å². The maximum Gasteiger partial charge on any atom is 0.236 e. The van der Waals surface area contributed by atoms with E-state index in [-0.39, 0.29) is 29.6 Å². The van der Waals surface area contributed by atoms with Gasteiger partial charge in [0, 0.05) is 27.1 Å². The molecule has 0 aliphatic carbocycles.